The van der Waals surface area contributed by atoms with Crippen molar-refractivity contribution in [2.75, 3.05) is 19.0 Å². The number of urea groups is 1. The number of methoxy groups -OCH3 is 1. The topological polar surface area (TPSA) is 70.7 Å². The van der Waals surface area contributed by atoms with E-state index in [0.29, 0.717) is 30.9 Å². The van der Waals surface area contributed by atoms with Crippen LogP contribution in [0.15, 0.2) is 54.6 Å². The van der Waals surface area contributed by atoms with Gasteiger partial charge >= 0.3 is 6.03 Å². The molecule has 0 radical (unpaired) electrons. The summed E-state index contributed by atoms with van der Waals surface area (Å²) >= 11 is 0. The lowest BCUT2D eigenvalue weighted by Crippen LogP contribution is -2.47. The monoisotopic (exact) mass is 353 g/mol. The summed E-state index contributed by atoms with van der Waals surface area (Å²) < 4.78 is 5.17. The molecule has 1 aliphatic rings. The first-order chi connectivity index (χ1) is 12.7. The fourth-order valence-electron chi connectivity index (χ4n) is 3.08. The zero-order valence-corrected chi connectivity index (χ0v) is 14.8. The molecule has 0 aliphatic carbocycles. The summed E-state index contributed by atoms with van der Waals surface area (Å²) in [5, 5.41) is 5.77. The van der Waals surface area contributed by atoms with Crippen molar-refractivity contribution in [3.8, 4) is 5.75 Å². The molecule has 1 unspecified atom stereocenters. The Bertz CT molecular complexity index is 764. The second kappa shape index (κ2) is 8.38. The summed E-state index contributed by atoms with van der Waals surface area (Å²) in [6, 6.07) is 16.2. The summed E-state index contributed by atoms with van der Waals surface area (Å²) in [4.78, 5) is 26.7. The maximum atomic E-state index is 12.6. The van der Waals surface area contributed by atoms with Gasteiger partial charge < -0.3 is 20.3 Å². The highest BCUT2D eigenvalue weighted by atomic mass is 16.5. The van der Waals surface area contributed by atoms with Gasteiger partial charge in [-0.2, -0.15) is 0 Å². The van der Waals surface area contributed by atoms with E-state index in [4.69, 9.17) is 4.74 Å². The van der Waals surface area contributed by atoms with Crippen LogP contribution in [0.4, 0.5) is 10.5 Å². The van der Waals surface area contributed by atoms with Gasteiger partial charge in [0, 0.05) is 24.8 Å². The van der Waals surface area contributed by atoms with E-state index < -0.39 is 6.04 Å². The zero-order chi connectivity index (χ0) is 18.4. The number of likely N-dealkylation sites (tertiary alicyclic amines) is 1. The molecule has 0 spiro atoms. The fraction of sp³-hybridized carbons (Fsp3) is 0.300. The molecule has 2 N–H and O–H groups in total. The SMILES string of the molecule is COc1cccc(NC(=O)C2CCCN2C(=O)NCc2ccccc2)c1. The molecule has 1 fully saturated rings. The maximum Gasteiger partial charge on any atom is 0.318 e. The normalized spacial score (nSPS) is 16.2. The number of rotatable bonds is 5. The first-order valence-electron chi connectivity index (χ1n) is 8.70. The number of anilines is 1. The Balaban J connectivity index is 1.59. The number of nitrogens with zero attached hydrogens (tertiary/aromatic N) is 1. The van der Waals surface area contributed by atoms with E-state index in [9.17, 15) is 9.59 Å². The number of amides is 3. The number of nitrogens with one attached hydrogen (secondary N) is 2. The maximum absolute atomic E-state index is 12.6. The molecule has 6 heteroatoms. The minimum Gasteiger partial charge on any atom is -0.497 e. The van der Waals surface area contributed by atoms with E-state index >= 15 is 0 Å². The molecule has 1 aliphatic heterocycles. The number of hydrogen-bond donors (Lipinski definition) is 2. The van der Waals surface area contributed by atoms with E-state index in [1.165, 1.54) is 0 Å². The Kier molecular flexibility index (Phi) is 5.73. The molecule has 2 aromatic carbocycles. The van der Waals surface area contributed by atoms with E-state index in [2.05, 4.69) is 10.6 Å². The molecule has 0 saturated carbocycles. The van der Waals surface area contributed by atoms with Gasteiger partial charge in [0.05, 0.1) is 7.11 Å². The van der Waals surface area contributed by atoms with Gasteiger partial charge in [0.2, 0.25) is 5.91 Å². The van der Waals surface area contributed by atoms with E-state index in [1.807, 2.05) is 42.5 Å². The first kappa shape index (κ1) is 17.8. The Labute approximate surface area is 153 Å². The summed E-state index contributed by atoms with van der Waals surface area (Å²) in [5.74, 6) is 0.497. The van der Waals surface area contributed by atoms with Crippen LogP contribution in [-0.4, -0.2) is 36.5 Å². The molecule has 6 nitrogen and oxygen atoms in total. The molecule has 3 amide bonds. The zero-order valence-electron chi connectivity index (χ0n) is 14.8. The largest absolute Gasteiger partial charge is 0.497 e. The molecule has 0 aromatic heterocycles. The molecular weight excluding hydrogens is 330 g/mol. The fourth-order valence-corrected chi connectivity index (χ4v) is 3.08. The van der Waals surface area contributed by atoms with Gasteiger partial charge in [-0.15, -0.1) is 0 Å². The predicted molar refractivity (Wildman–Crippen MR) is 100 cm³/mol. The predicted octanol–water partition coefficient (Wildman–Crippen LogP) is 3.01. The van der Waals surface area contributed by atoms with Crippen molar-refractivity contribution in [2.24, 2.45) is 0 Å². The van der Waals surface area contributed by atoms with Gasteiger partial charge in [-0.3, -0.25) is 4.79 Å². The Morgan fingerprint density at radius 2 is 1.96 bits per heavy atom. The van der Waals surface area contributed by atoms with Crippen LogP contribution < -0.4 is 15.4 Å². The van der Waals surface area contributed by atoms with Crippen LogP contribution in [0.3, 0.4) is 0 Å². The van der Waals surface area contributed by atoms with Crippen molar-refractivity contribution in [3.05, 3.63) is 60.2 Å². The number of benzene rings is 2. The lowest BCUT2D eigenvalue weighted by Gasteiger charge is -2.24. The van der Waals surface area contributed by atoms with Crippen molar-refractivity contribution >= 4 is 17.6 Å². The number of carbonyl (C=O) groups excluding carboxylic acids is 2. The smallest absolute Gasteiger partial charge is 0.318 e. The average Bonchev–Trinajstić information content (AvgIpc) is 3.17. The Morgan fingerprint density at radius 1 is 1.15 bits per heavy atom. The van der Waals surface area contributed by atoms with Gasteiger partial charge in [-0.1, -0.05) is 36.4 Å². The van der Waals surface area contributed by atoms with Crippen LogP contribution >= 0.6 is 0 Å². The highest BCUT2D eigenvalue weighted by Crippen LogP contribution is 2.21. The highest BCUT2D eigenvalue weighted by Gasteiger charge is 2.34. The van der Waals surface area contributed by atoms with E-state index in [0.717, 1.165) is 12.0 Å². The third-order valence-electron chi connectivity index (χ3n) is 4.44. The summed E-state index contributed by atoms with van der Waals surface area (Å²) in [6.45, 7) is 1.03. The van der Waals surface area contributed by atoms with Crippen molar-refractivity contribution in [1.29, 1.82) is 0 Å². The van der Waals surface area contributed by atoms with E-state index in [-0.39, 0.29) is 11.9 Å². The lowest BCUT2D eigenvalue weighted by atomic mass is 10.2. The minimum atomic E-state index is -0.461. The average molecular weight is 353 g/mol. The first-order valence-corrected chi connectivity index (χ1v) is 8.70. The summed E-state index contributed by atoms with van der Waals surface area (Å²) in [7, 11) is 1.58. The van der Waals surface area contributed by atoms with Gasteiger partial charge in [0.25, 0.3) is 0 Å². The van der Waals surface area contributed by atoms with Gasteiger partial charge in [0.1, 0.15) is 11.8 Å². The van der Waals surface area contributed by atoms with Crippen molar-refractivity contribution < 1.29 is 14.3 Å². The Morgan fingerprint density at radius 3 is 2.73 bits per heavy atom. The second-order valence-corrected chi connectivity index (χ2v) is 6.22. The van der Waals surface area contributed by atoms with E-state index in [1.54, 1.807) is 24.1 Å². The second-order valence-electron chi connectivity index (χ2n) is 6.22. The molecule has 1 saturated heterocycles. The van der Waals surface area contributed by atoms with Crippen LogP contribution in [0.1, 0.15) is 18.4 Å². The molecule has 1 heterocycles. The van der Waals surface area contributed by atoms with Crippen molar-refractivity contribution in [1.82, 2.24) is 10.2 Å². The molecule has 2 aromatic rings. The number of ether oxygens (including phenoxy) is 1. The van der Waals surface area contributed by atoms with Gasteiger partial charge in [-0.25, -0.2) is 4.79 Å². The quantitative estimate of drug-likeness (QED) is 0.868. The third kappa shape index (κ3) is 4.33. The lowest BCUT2D eigenvalue weighted by molar-refractivity contribution is -0.119. The summed E-state index contributed by atoms with van der Waals surface area (Å²) in [6.07, 6.45) is 1.48. The third-order valence-corrected chi connectivity index (χ3v) is 4.44. The van der Waals surface area contributed by atoms with Crippen molar-refractivity contribution in [2.45, 2.75) is 25.4 Å². The van der Waals surface area contributed by atoms with Gasteiger partial charge in [0.15, 0.2) is 0 Å². The Hall–Kier alpha value is -3.02. The van der Waals surface area contributed by atoms with Crippen LogP contribution in [-0.2, 0) is 11.3 Å². The summed E-state index contributed by atoms with van der Waals surface area (Å²) in [5.41, 5.74) is 1.68. The molecule has 136 valence electrons. The molecule has 1 atom stereocenters. The van der Waals surface area contributed by atoms with Crippen LogP contribution in [0.5, 0.6) is 5.75 Å². The number of carbonyl (C=O) groups is 2. The molecule has 0 bridgehead atoms. The van der Waals surface area contributed by atoms with Crippen LogP contribution in [0.2, 0.25) is 0 Å². The molecular formula is C20H23N3O3. The number of hydrogen-bond acceptors (Lipinski definition) is 3. The van der Waals surface area contributed by atoms with Crippen LogP contribution in [0.25, 0.3) is 0 Å². The standard InChI is InChI=1S/C20H23N3O3/c1-26-17-10-5-9-16(13-17)22-19(24)18-11-6-12-23(18)20(25)21-14-15-7-3-2-4-8-15/h2-5,7-10,13,18H,6,11-12,14H2,1H3,(H,21,25)(H,22,24). The molecule has 3 rings (SSSR count). The molecule has 26 heavy (non-hydrogen) atoms. The highest BCUT2D eigenvalue weighted by molar-refractivity contribution is 5.97. The van der Waals surface area contributed by atoms with Crippen LogP contribution in [0, 0.1) is 0 Å². The van der Waals surface area contributed by atoms with Gasteiger partial charge in [-0.05, 0) is 30.5 Å². The minimum absolute atomic E-state index is 0.175. The van der Waals surface area contributed by atoms with Crippen molar-refractivity contribution in [3.63, 3.8) is 0 Å².